The summed E-state index contributed by atoms with van der Waals surface area (Å²) in [5, 5.41) is 0.591. The van der Waals surface area contributed by atoms with E-state index in [9.17, 15) is 4.79 Å². The zero-order valence-corrected chi connectivity index (χ0v) is 14.5. The number of hydrogen-bond donors (Lipinski definition) is 0. The summed E-state index contributed by atoms with van der Waals surface area (Å²) in [6.45, 7) is 1.93. The molecule has 0 radical (unpaired) electrons. The third-order valence-corrected chi connectivity index (χ3v) is 3.92. The van der Waals surface area contributed by atoms with Gasteiger partial charge in [-0.25, -0.2) is 4.98 Å². The molecule has 0 fully saturated rings. The molecule has 4 nitrogen and oxygen atoms in total. The maximum absolute atomic E-state index is 12.2. The number of ether oxygens (including phenoxy) is 1. The number of aryl methyl sites for hydroxylation is 1. The second-order valence-corrected chi connectivity index (χ2v) is 5.90. The predicted molar refractivity (Wildman–Crippen MR) is 98.1 cm³/mol. The van der Waals surface area contributed by atoms with Crippen LogP contribution in [0.15, 0.2) is 60.7 Å². The minimum atomic E-state index is -0.130. The largest absolute Gasteiger partial charge is 0.469 e. The number of carbonyl (C=O) groups excluding carboxylic acids is 1. The van der Waals surface area contributed by atoms with Gasteiger partial charge in [-0.15, -0.1) is 0 Å². The molecule has 0 aliphatic heterocycles. The van der Waals surface area contributed by atoms with Crippen LogP contribution in [0, 0.1) is 0 Å². The predicted octanol–water partition coefficient (Wildman–Crippen LogP) is 4.62. The van der Waals surface area contributed by atoms with Gasteiger partial charge in [-0.3, -0.25) is 4.79 Å². The summed E-state index contributed by atoms with van der Waals surface area (Å²) in [7, 11) is 0. The topological polar surface area (TPSA) is 52.1 Å². The van der Waals surface area contributed by atoms with Crippen molar-refractivity contribution in [3.05, 3.63) is 76.9 Å². The van der Waals surface area contributed by atoms with Crippen LogP contribution in [-0.2, 0) is 6.42 Å². The molecule has 0 aliphatic carbocycles. The SMILES string of the molecule is CCc1cc(OCC(=O)c2ccc(Cl)cc2)nc(-c2ccccc2)n1. The van der Waals surface area contributed by atoms with Gasteiger partial charge in [-0.05, 0) is 30.7 Å². The lowest BCUT2D eigenvalue weighted by atomic mass is 10.1. The highest BCUT2D eigenvalue weighted by Gasteiger charge is 2.10. The van der Waals surface area contributed by atoms with Crippen LogP contribution < -0.4 is 4.74 Å². The van der Waals surface area contributed by atoms with Crippen molar-refractivity contribution in [3.8, 4) is 17.3 Å². The lowest BCUT2D eigenvalue weighted by Crippen LogP contribution is -2.12. The van der Waals surface area contributed by atoms with E-state index in [4.69, 9.17) is 16.3 Å². The van der Waals surface area contributed by atoms with E-state index in [1.54, 1.807) is 30.3 Å². The zero-order valence-electron chi connectivity index (χ0n) is 13.8. The number of carbonyl (C=O) groups is 1. The highest BCUT2D eigenvalue weighted by Crippen LogP contribution is 2.19. The van der Waals surface area contributed by atoms with Crippen molar-refractivity contribution in [1.82, 2.24) is 9.97 Å². The Morgan fingerprint density at radius 1 is 1.04 bits per heavy atom. The number of ketones is 1. The van der Waals surface area contributed by atoms with Crippen molar-refractivity contribution in [2.45, 2.75) is 13.3 Å². The van der Waals surface area contributed by atoms with Crippen molar-refractivity contribution >= 4 is 17.4 Å². The zero-order chi connectivity index (χ0) is 17.6. The monoisotopic (exact) mass is 352 g/mol. The molecular weight excluding hydrogens is 336 g/mol. The number of nitrogens with zero attached hydrogens (tertiary/aromatic N) is 2. The third-order valence-electron chi connectivity index (χ3n) is 3.67. The fourth-order valence-corrected chi connectivity index (χ4v) is 2.43. The summed E-state index contributed by atoms with van der Waals surface area (Å²) < 4.78 is 5.62. The Morgan fingerprint density at radius 3 is 2.44 bits per heavy atom. The van der Waals surface area contributed by atoms with Crippen molar-refractivity contribution in [3.63, 3.8) is 0 Å². The molecule has 0 saturated heterocycles. The Morgan fingerprint density at radius 2 is 1.76 bits per heavy atom. The molecule has 0 amide bonds. The van der Waals surface area contributed by atoms with E-state index in [1.807, 2.05) is 37.3 Å². The molecule has 1 aromatic heterocycles. The third kappa shape index (κ3) is 4.43. The number of aromatic nitrogens is 2. The van der Waals surface area contributed by atoms with Crippen molar-refractivity contribution in [2.75, 3.05) is 6.61 Å². The molecule has 126 valence electrons. The van der Waals surface area contributed by atoms with E-state index >= 15 is 0 Å². The van der Waals surface area contributed by atoms with Crippen LogP contribution in [0.25, 0.3) is 11.4 Å². The minimum Gasteiger partial charge on any atom is -0.469 e. The van der Waals surface area contributed by atoms with Gasteiger partial charge >= 0.3 is 0 Å². The molecule has 0 N–H and O–H groups in total. The van der Waals surface area contributed by atoms with Crippen LogP contribution in [0.4, 0.5) is 0 Å². The Bertz CT molecular complexity index is 865. The smallest absolute Gasteiger partial charge is 0.217 e. The fraction of sp³-hybridized carbons (Fsp3) is 0.150. The van der Waals surface area contributed by atoms with Crippen LogP contribution in [0.5, 0.6) is 5.88 Å². The van der Waals surface area contributed by atoms with Gasteiger partial charge < -0.3 is 4.74 Å². The van der Waals surface area contributed by atoms with E-state index in [0.29, 0.717) is 22.3 Å². The quantitative estimate of drug-likeness (QED) is 0.607. The number of halogens is 1. The van der Waals surface area contributed by atoms with Crippen LogP contribution in [0.1, 0.15) is 23.0 Å². The van der Waals surface area contributed by atoms with E-state index in [1.165, 1.54) is 0 Å². The molecule has 0 bridgehead atoms. The summed E-state index contributed by atoms with van der Waals surface area (Å²) >= 11 is 5.84. The first kappa shape index (κ1) is 17.1. The summed E-state index contributed by atoms with van der Waals surface area (Å²) in [5.41, 5.74) is 2.33. The molecule has 3 aromatic rings. The highest BCUT2D eigenvalue weighted by molar-refractivity contribution is 6.30. The lowest BCUT2D eigenvalue weighted by molar-refractivity contribution is 0.0918. The fourth-order valence-electron chi connectivity index (χ4n) is 2.30. The number of Topliss-reactive ketones (excluding diaryl/α,β-unsaturated/α-hetero) is 1. The van der Waals surface area contributed by atoms with Gasteiger partial charge in [-0.1, -0.05) is 48.9 Å². The van der Waals surface area contributed by atoms with Gasteiger partial charge in [0.25, 0.3) is 0 Å². The molecule has 5 heteroatoms. The van der Waals surface area contributed by atoms with Gasteiger partial charge in [0.2, 0.25) is 5.88 Å². The molecule has 0 saturated carbocycles. The van der Waals surface area contributed by atoms with E-state index < -0.39 is 0 Å². The molecule has 2 aromatic carbocycles. The molecular formula is C20H17ClN2O2. The molecule has 0 atom stereocenters. The van der Waals surface area contributed by atoms with Crippen LogP contribution in [0.3, 0.4) is 0 Å². The standard InChI is InChI=1S/C20H17ClN2O2/c1-2-17-12-19(23-20(22-17)15-6-4-3-5-7-15)25-13-18(24)14-8-10-16(21)11-9-14/h3-12H,2,13H2,1H3. The van der Waals surface area contributed by atoms with Gasteiger partial charge in [-0.2, -0.15) is 4.98 Å². The average Bonchev–Trinajstić information content (AvgIpc) is 2.67. The van der Waals surface area contributed by atoms with E-state index in [2.05, 4.69) is 9.97 Å². The molecule has 0 spiro atoms. The molecule has 1 heterocycles. The van der Waals surface area contributed by atoms with E-state index in [0.717, 1.165) is 17.7 Å². The summed E-state index contributed by atoms with van der Waals surface area (Å²) in [6, 6.07) is 18.2. The summed E-state index contributed by atoms with van der Waals surface area (Å²) in [5.74, 6) is 0.858. The van der Waals surface area contributed by atoms with E-state index in [-0.39, 0.29) is 12.4 Å². The van der Waals surface area contributed by atoms with Crippen LogP contribution in [-0.4, -0.2) is 22.4 Å². The Balaban J connectivity index is 1.78. The van der Waals surface area contributed by atoms with Crippen molar-refractivity contribution in [2.24, 2.45) is 0 Å². The highest BCUT2D eigenvalue weighted by atomic mass is 35.5. The second-order valence-electron chi connectivity index (χ2n) is 5.46. The summed E-state index contributed by atoms with van der Waals surface area (Å²) in [4.78, 5) is 21.2. The minimum absolute atomic E-state index is 0.0873. The van der Waals surface area contributed by atoms with Gasteiger partial charge in [0, 0.05) is 27.9 Å². The summed E-state index contributed by atoms with van der Waals surface area (Å²) in [6.07, 6.45) is 0.754. The van der Waals surface area contributed by atoms with Crippen LogP contribution in [0.2, 0.25) is 5.02 Å². The number of hydrogen-bond acceptors (Lipinski definition) is 4. The Labute approximate surface area is 151 Å². The average molecular weight is 353 g/mol. The lowest BCUT2D eigenvalue weighted by Gasteiger charge is -2.09. The first-order valence-electron chi connectivity index (χ1n) is 8.00. The second kappa shape index (κ2) is 7.90. The van der Waals surface area contributed by atoms with Crippen molar-refractivity contribution < 1.29 is 9.53 Å². The van der Waals surface area contributed by atoms with Crippen molar-refractivity contribution in [1.29, 1.82) is 0 Å². The molecule has 0 aliphatic rings. The van der Waals surface area contributed by atoms with Crippen LogP contribution >= 0.6 is 11.6 Å². The molecule has 0 unspecified atom stereocenters. The first-order chi connectivity index (χ1) is 12.2. The maximum atomic E-state index is 12.2. The maximum Gasteiger partial charge on any atom is 0.217 e. The molecule has 3 rings (SSSR count). The first-order valence-corrected chi connectivity index (χ1v) is 8.38. The van der Waals surface area contributed by atoms with Gasteiger partial charge in [0.05, 0.1) is 0 Å². The number of benzene rings is 2. The number of rotatable bonds is 6. The normalized spacial score (nSPS) is 10.5. The van der Waals surface area contributed by atoms with Gasteiger partial charge in [0.15, 0.2) is 18.2 Å². The van der Waals surface area contributed by atoms with Gasteiger partial charge in [0.1, 0.15) is 0 Å². The molecule has 25 heavy (non-hydrogen) atoms. The Kier molecular flexibility index (Phi) is 5.41. The Hall–Kier alpha value is -2.72.